The molecular formula is C21H23N5O. The Morgan fingerprint density at radius 1 is 1.30 bits per heavy atom. The van der Waals surface area contributed by atoms with Gasteiger partial charge in [-0.15, -0.1) is 0 Å². The number of fused-ring (bicyclic) bond motifs is 3. The molecule has 0 bridgehead atoms. The summed E-state index contributed by atoms with van der Waals surface area (Å²) in [6.07, 6.45) is 5.17. The lowest BCUT2D eigenvalue weighted by molar-refractivity contribution is 0.0951. The molecule has 1 fully saturated rings. The summed E-state index contributed by atoms with van der Waals surface area (Å²) in [5.74, 6) is 1.45. The highest BCUT2D eigenvalue weighted by Gasteiger charge is 2.28. The first-order valence-electron chi connectivity index (χ1n) is 9.66. The van der Waals surface area contributed by atoms with Crippen LogP contribution < -0.4 is 10.6 Å². The fourth-order valence-electron chi connectivity index (χ4n) is 3.98. The van der Waals surface area contributed by atoms with Crippen LogP contribution in [0, 0.1) is 0 Å². The number of aryl methyl sites for hydroxylation is 1. The van der Waals surface area contributed by atoms with Gasteiger partial charge in [0.05, 0.1) is 5.52 Å². The summed E-state index contributed by atoms with van der Waals surface area (Å²) in [5, 5.41) is 12.3. The topological polar surface area (TPSA) is 71.8 Å². The Hall–Kier alpha value is -2.89. The molecule has 3 aromatic rings. The molecule has 2 N–H and O–H groups in total. The lowest BCUT2D eigenvalue weighted by Crippen LogP contribution is -2.25. The van der Waals surface area contributed by atoms with Gasteiger partial charge in [0.25, 0.3) is 5.91 Å². The quantitative estimate of drug-likeness (QED) is 0.747. The second kappa shape index (κ2) is 6.08. The van der Waals surface area contributed by atoms with Crippen molar-refractivity contribution in [2.75, 3.05) is 11.9 Å². The molecule has 5 rings (SSSR count). The smallest absolute Gasteiger partial charge is 0.251 e. The summed E-state index contributed by atoms with van der Waals surface area (Å²) in [6.45, 7) is 3.15. The Balaban J connectivity index is 1.55. The Morgan fingerprint density at radius 3 is 2.78 bits per heavy atom. The van der Waals surface area contributed by atoms with Gasteiger partial charge in [0.1, 0.15) is 11.5 Å². The van der Waals surface area contributed by atoms with Crippen LogP contribution >= 0.6 is 0 Å². The van der Waals surface area contributed by atoms with Gasteiger partial charge < -0.3 is 10.6 Å². The number of carbonyl (C=O) groups is 1. The number of carbonyl (C=O) groups excluding carboxylic acids is 1. The minimum atomic E-state index is 0.00581. The van der Waals surface area contributed by atoms with Crippen LogP contribution in [0.25, 0.3) is 22.2 Å². The Labute approximate surface area is 158 Å². The summed E-state index contributed by atoms with van der Waals surface area (Å²) in [7, 11) is 1.99. The molecule has 6 heteroatoms. The largest absolute Gasteiger partial charge is 0.369 e. The molecule has 1 saturated carbocycles. The zero-order chi connectivity index (χ0) is 18.5. The van der Waals surface area contributed by atoms with Gasteiger partial charge >= 0.3 is 0 Å². The van der Waals surface area contributed by atoms with Crippen LogP contribution in [-0.2, 0) is 7.05 Å². The molecule has 1 amide bonds. The van der Waals surface area contributed by atoms with E-state index in [1.54, 1.807) is 0 Å². The van der Waals surface area contributed by atoms with Gasteiger partial charge in [-0.2, -0.15) is 5.10 Å². The Morgan fingerprint density at radius 2 is 2.07 bits per heavy atom. The molecule has 1 aromatic carbocycles. The van der Waals surface area contributed by atoms with Crippen LogP contribution in [0.15, 0.2) is 30.5 Å². The fraction of sp³-hybridized carbons (Fsp3) is 0.381. The van der Waals surface area contributed by atoms with E-state index in [0.717, 1.165) is 53.8 Å². The van der Waals surface area contributed by atoms with Gasteiger partial charge in [0.15, 0.2) is 0 Å². The second-order valence-corrected chi connectivity index (χ2v) is 7.57. The molecular weight excluding hydrogens is 338 g/mol. The van der Waals surface area contributed by atoms with Crippen molar-refractivity contribution in [1.82, 2.24) is 20.1 Å². The van der Waals surface area contributed by atoms with E-state index in [1.165, 1.54) is 5.56 Å². The molecule has 1 unspecified atom stereocenters. The Bertz CT molecular complexity index is 1030. The van der Waals surface area contributed by atoms with Crippen LogP contribution in [-0.4, -0.2) is 33.3 Å². The van der Waals surface area contributed by atoms with E-state index in [1.807, 2.05) is 42.2 Å². The van der Waals surface area contributed by atoms with Crippen molar-refractivity contribution in [1.29, 1.82) is 0 Å². The molecule has 1 atom stereocenters. The molecule has 0 spiro atoms. The molecule has 0 saturated heterocycles. The van der Waals surface area contributed by atoms with Gasteiger partial charge in [-0.25, -0.2) is 4.98 Å². The van der Waals surface area contributed by atoms with Gasteiger partial charge in [0.2, 0.25) is 0 Å². The SMILES string of the molecule is CCC1CNc2ncc3c(-c4ccc(C(=O)NC5CC5)cc4)nn(C)c3c21. The lowest BCUT2D eigenvalue weighted by atomic mass is 9.97. The number of rotatable bonds is 4. The number of nitrogens with one attached hydrogen (secondary N) is 2. The average Bonchev–Trinajstić information content (AvgIpc) is 3.30. The predicted octanol–water partition coefficient (Wildman–Crippen LogP) is 3.45. The molecule has 6 nitrogen and oxygen atoms in total. The number of amides is 1. The maximum atomic E-state index is 12.2. The molecule has 138 valence electrons. The second-order valence-electron chi connectivity index (χ2n) is 7.57. The summed E-state index contributed by atoms with van der Waals surface area (Å²) in [6, 6.07) is 8.08. The van der Waals surface area contributed by atoms with Gasteiger partial charge in [-0.05, 0) is 31.4 Å². The predicted molar refractivity (Wildman–Crippen MR) is 106 cm³/mol. The van der Waals surface area contributed by atoms with Crippen LogP contribution in [0.1, 0.15) is 48.0 Å². The standard InChI is InChI=1S/C21H23N5O/c1-3-12-10-22-20-17(12)19-16(11-23-20)18(25-26(19)2)13-4-6-14(7-5-13)21(27)24-15-8-9-15/h4-7,11-12,15H,3,8-10H2,1-2H3,(H,22,23)(H,24,27). The minimum Gasteiger partial charge on any atom is -0.369 e. The minimum absolute atomic E-state index is 0.00581. The van der Waals surface area contributed by atoms with Crippen molar-refractivity contribution in [2.24, 2.45) is 7.05 Å². The molecule has 2 aromatic heterocycles. The third-order valence-corrected chi connectivity index (χ3v) is 5.67. The number of benzene rings is 1. The number of anilines is 1. The van der Waals surface area contributed by atoms with Crippen molar-refractivity contribution in [3.63, 3.8) is 0 Å². The summed E-state index contributed by atoms with van der Waals surface area (Å²) in [4.78, 5) is 16.9. The van der Waals surface area contributed by atoms with E-state index in [-0.39, 0.29) is 5.91 Å². The number of hydrogen-bond acceptors (Lipinski definition) is 4. The van der Waals surface area contributed by atoms with E-state index in [9.17, 15) is 4.79 Å². The third-order valence-electron chi connectivity index (χ3n) is 5.67. The maximum Gasteiger partial charge on any atom is 0.251 e. The molecule has 0 radical (unpaired) electrons. The number of pyridine rings is 1. The molecule has 2 aliphatic rings. The van der Waals surface area contributed by atoms with Gasteiger partial charge in [-0.3, -0.25) is 9.48 Å². The first kappa shape index (κ1) is 16.3. The van der Waals surface area contributed by atoms with Crippen LogP contribution in [0.4, 0.5) is 5.82 Å². The first-order valence-corrected chi connectivity index (χ1v) is 9.66. The van der Waals surface area contributed by atoms with E-state index in [0.29, 0.717) is 17.5 Å². The molecule has 1 aliphatic carbocycles. The van der Waals surface area contributed by atoms with Crippen LogP contribution in [0.5, 0.6) is 0 Å². The summed E-state index contributed by atoms with van der Waals surface area (Å²) < 4.78 is 1.97. The van der Waals surface area contributed by atoms with Crippen molar-refractivity contribution in [3.8, 4) is 11.3 Å². The van der Waals surface area contributed by atoms with Crippen LogP contribution in [0.2, 0.25) is 0 Å². The zero-order valence-corrected chi connectivity index (χ0v) is 15.6. The monoisotopic (exact) mass is 361 g/mol. The zero-order valence-electron chi connectivity index (χ0n) is 15.6. The Kier molecular flexibility index (Phi) is 3.67. The van der Waals surface area contributed by atoms with Gasteiger partial charge in [0, 0.05) is 53.8 Å². The van der Waals surface area contributed by atoms with E-state index in [2.05, 4.69) is 22.5 Å². The number of aromatic nitrogens is 3. The molecule has 3 heterocycles. The molecule has 27 heavy (non-hydrogen) atoms. The number of nitrogens with zero attached hydrogens (tertiary/aromatic N) is 3. The third kappa shape index (κ3) is 2.67. The normalized spacial score (nSPS) is 18.4. The van der Waals surface area contributed by atoms with Crippen molar-refractivity contribution >= 4 is 22.6 Å². The maximum absolute atomic E-state index is 12.2. The summed E-state index contributed by atoms with van der Waals surface area (Å²) >= 11 is 0. The van der Waals surface area contributed by atoms with E-state index in [4.69, 9.17) is 5.10 Å². The van der Waals surface area contributed by atoms with Crippen LogP contribution in [0.3, 0.4) is 0 Å². The van der Waals surface area contributed by atoms with E-state index < -0.39 is 0 Å². The van der Waals surface area contributed by atoms with Crippen molar-refractivity contribution < 1.29 is 4.79 Å². The van der Waals surface area contributed by atoms with Gasteiger partial charge in [-0.1, -0.05) is 19.1 Å². The fourth-order valence-corrected chi connectivity index (χ4v) is 3.98. The average molecular weight is 361 g/mol. The van der Waals surface area contributed by atoms with Crippen molar-refractivity contribution in [2.45, 2.75) is 38.1 Å². The first-order chi connectivity index (χ1) is 13.2. The highest BCUT2D eigenvalue weighted by atomic mass is 16.1. The number of hydrogen-bond donors (Lipinski definition) is 2. The molecule has 1 aliphatic heterocycles. The highest BCUT2D eigenvalue weighted by Crippen LogP contribution is 2.40. The summed E-state index contributed by atoms with van der Waals surface area (Å²) in [5.41, 5.74) is 5.04. The van der Waals surface area contributed by atoms with E-state index >= 15 is 0 Å². The highest BCUT2D eigenvalue weighted by molar-refractivity contribution is 5.98. The van der Waals surface area contributed by atoms with Crippen molar-refractivity contribution in [3.05, 3.63) is 41.6 Å². The lowest BCUT2D eigenvalue weighted by Gasteiger charge is -2.08.